The van der Waals surface area contributed by atoms with Crippen molar-refractivity contribution in [3.63, 3.8) is 0 Å². The largest absolute Gasteiger partial charge is 0.369 e. The molecule has 16 heavy (non-hydrogen) atoms. The summed E-state index contributed by atoms with van der Waals surface area (Å²) in [5.41, 5.74) is 1.61. The van der Waals surface area contributed by atoms with Gasteiger partial charge in [-0.15, -0.1) is 10.2 Å². The summed E-state index contributed by atoms with van der Waals surface area (Å²) in [6, 6.07) is 0. The fraction of sp³-hybridized carbons (Fsp3) is 0.500. The van der Waals surface area contributed by atoms with Gasteiger partial charge in [0.15, 0.2) is 11.5 Å². The second kappa shape index (κ2) is 3.59. The van der Waals surface area contributed by atoms with E-state index in [2.05, 4.69) is 20.2 Å². The van der Waals surface area contributed by atoms with Crippen molar-refractivity contribution in [3.05, 3.63) is 17.0 Å². The predicted molar refractivity (Wildman–Crippen MR) is 62.0 cm³/mol. The smallest absolute Gasteiger partial charge is 0.198 e. The van der Waals surface area contributed by atoms with Gasteiger partial charge in [0.1, 0.15) is 5.02 Å². The molecule has 0 aliphatic carbocycles. The van der Waals surface area contributed by atoms with E-state index >= 15 is 0 Å². The Labute approximate surface area is 98.0 Å². The molecule has 1 saturated heterocycles. The molecule has 0 radical (unpaired) electrons. The molecule has 6 heteroatoms. The van der Waals surface area contributed by atoms with E-state index in [1.54, 1.807) is 10.7 Å². The minimum absolute atomic E-state index is 0.642. The van der Waals surface area contributed by atoms with Crippen molar-refractivity contribution in [2.45, 2.75) is 19.8 Å². The van der Waals surface area contributed by atoms with Gasteiger partial charge in [0.05, 0.1) is 11.9 Å². The maximum absolute atomic E-state index is 6.33. The van der Waals surface area contributed by atoms with Crippen molar-refractivity contribution in [3.8, 4) is 0 Å². The Morgan fingerprint density at radius 2 is 2.00 bits per heavy atom. The van der Waals surface area contributed by atoms with Gasteiger partial charge in [0, 0.05) is 13.1 Å². The molecule has 1 aliphatic heterocycles. The van der Waals surface area contributed by atoms with Gasteiger partial charge in [0.25, 0.3) is 0 Å². The van der Waals surface area contributed by atoms with Crippen molar-refractivity contribution < 1.29 is 0 Å². The molecular weight excluding hydrogens is 226 g/mol. The Hall–Kier alpha value is -1.36. The number of fused-ring (bicyclic) bond motifs is 1. The Kier molecular flexibility index (Phi) is 2.21. The number of rotatable bonds is 1. The van der Waals surface area contributed by atoms with E-state index in [0.29, 0.717) is 10.7 Å². The monoisotopic (exact) mass is 237 g/mol. The first-order valence-corrected chi connectivity index (χ1v) is 5.76. The first-order valence-electron chi connectivity index (χ1n) is 5.39. The van der Waals surface area contributed by atoms with Crippen LogP contribution in [0, 0.1) is 6.92 Å². The lowest BCUT2D eigenvalue weighted by Gasteiger charge is -2.18. The van der Waals surface area contributed by atoms with Crippen molar-refractivity contribution in [2.75, 3.05) is 18.0 Å². The lowest BCUT2D eigenvalue weighted by Crippen LogP contribution is -2.18. The number of anilines is 1. The molecule has 2 aromatic heterocycles. The summed E-state index contributed by atoms with van der Waals surface area (Å²) in [6.45, 7) is 3.95. The summed E-state index contributed by atoms with van der Waals surface area (Å²) >= 11 is 6.33. The summed E-state index contributed by atoms with van der Waals surface area (Å²) < 4.78 is 1.67. The molecule has 1 fully saturated rings. The Morgan fingerprint density at radius 1 is 1.25 bits per heavy atom. The fourth-order valence-corrected chi connectivity index (χ4v) is 2.38. The van der Waals surface area contributed by atoms with Gasteiger partial charge < -0.3 is 4.90 Å². The summed E-state index contributed by atoms with van der Waals surface area (Å²) in [5.74, 6) is 0.755. The van der Waals surface area contributed by atoms with E-state index < -0.39 is 0 Å². The third-order valence-corrected chi connectivity index (χ3v) is 3.32. The van der Waals surface area contributed by atoms with Crippen LogP contribution >= 0.6 is 11.6 Å². The molecule has 3 heterocycles. The number of hydrogen-bond donors (Lipinski definition) is 0. The molecule has 3 rings (SSSR count). The van der Waals surface area contributed by atoms with E-state index in [0.717, 1.165) is 24.6 Å². The zero-order valence-corrected chi connectivity index (χ0v) is 9.78. The highest BCUT2D eigenvalue weighted by Crippen LogP contribution is 2.30. The third kappa shape index (κ3) is 1.35. The first-order chi connectivity index (χ1) is 7.77. The maximum atomic E-state index is 6.33. The Balaban J connectivity index is 2.15. The zero-order valence-electron chi connectivity index (χ0n) is 9.02. The van der Waals surface area contributed by atoms with Gasteiger partial charge in [-0.3, -0.25) is 0 Å². The molecule has 0 saturated carbocycles. The standard InChI is InChI=1S/C10H12ClN5/c1-7-13-14-10-9(11)8(6-12-16(7)10)15-4-2-3-5-15/h6H,2-5H2,1H3. The molecule has 84 valence electrons. The van der Waals surface area contributed by atoms with Crippen LogP contribution < -0.4 is 4.90 Å². The SMILES string of the molecule is Cc1nnc2c(Cl)c(N3CCCC3)cnn12. The van der Waals surface area contributed by atoms with Gasteiger partial charge in [-0.2, -0.15) is 9.61 Å². The lowest BCUT2D eigenvalue weighted by atomic mass is 10.4. The average molecular weight is 238 g/mol. The van der Waals surface area contributed by atoms with Crippen molar-refractivity contribution in [2.24, 2.45) is 0 Å². The van der Waals surface area contributed by atoms with Crippen molar-refractivity contribution >= 4 is 22.9 Å². The van der Waals surface area contributed by atoms with Gasteiger partial charge in [-0.25, -0.2) is 0 Å². The quantitative estimate of drug-likeness (QED) is 0.757. The average Bonchev–Trinajstić information content (AvgIpc) is 2.90. The highest BCUT2D eigenvalue weighted by Gasteiger charge is 2.19. The van der Waals surface area contributed by atoms with Gasteiger partial charge >= 0.3 is 0 Å². The predicted octanol–water partition coefficient (Wildman–Crippen LogP) is 1.69. The van der Waals surface area contributed by atoms with E-state index in [4.69, 9.17) is 11.6 Å². The van der Waals surface area contributed by atoms with E-state index in [1.165, 1.54) is 12.8 Å². The van der Waals surface area contributed by atoms with E-state index in [9.17, 15) is 0 Å². The molecule has 0 spiro atoms. The highest BCUT2D eigenvalue weighted by atomic mass is 35.5. The molecule has 0 aromatic carbocycles. The molecular formula is C10H12ClN5. The van der Waals surface area contributed by atoms with Gasteiger partial charge in [0.2, 0.25) is 0 Å². The second-order valence-corrected chi connectivity index (χ2v) is 4.40. The molecule has 2 aromatic rings. The van der Waals surface area contributed by atoms with Crippen molar-refractivity contribution in [1.82, 2.24) is 19.8 Å². The zero-order chi connectivity index (χ0) is 11.1. The van der Waals surface area contributed by atoms with Crippen LogP contribution in [-0.4, -0.2) is 32.9 Å². The second-order valence-electron chi connectivity index (χ2n) is 4.02. The number of aryl methyl sites for hydroxylation is 1. The van der Waals surface area contributed by atoms with Crippen LogP contribution in [0.4, 0.5) is 5.69 Å². The van der Waals surface area contributed by atoms with E-state index in [-0.39, 0.29) is 0 Å². The van der Waals surface area contributed by atoms with Crippen LogP contribution in [0.5, 0.6) is 0 Å². The number of nitrogens with zero attached hydrogens (tertiary/aromatic N) is 5. The van der Waals surface area contributed by atoms with Crippen LogP contribution in [0.2, 0.25) is 5.02 Å². The minimum Gasteiger partial charge on any atom is -0.369 e. The summed E-state index contributed by atoms with van der Waals surface area (Å²) in [5, 5.41) is 13.0. The van der Waals surface area contributed by atoms with Crippen LogP contribution in [0.1, 0.15) is 18.7 Å². The molecule has 0 atom stereocenters. The van der Waals surface area contributed by atoms with Gasteiger partial charge in [-0.05, 0) is 19.8 Å². The lowest BCUT2D eigenvalue weighted by molar-refractivity contribution is 0.862. The normalized spacial score (nSPS) is 16.2. The topological polar surface area (TPSA) is 46.3 Å². The number of halogens is 1. The van der Waals surface area contributed by atoms with Crippen LogP contribution in [0.3, 0.4) is 0 Å². The van der Waals surface area contributed by atoms with Crippen LogP contribution in [0.25, 0.3) is 5.65 Å². The van der Waals surface area contributed by atoms with Crippen molar-refractivity contribution in [1.29, 1.82) is 0 Å². The van der Waals surface area contributed by atoms with Crippen LogP contribution in [-0.2, 0) is 0 Å². The molecule has 1 aliphatic rings. The number of hydrogen-bond acceptors (Lipinski definition) is 4. The maximum Gasteiger partial charge on any atom is 0.198 e. The number of aromatic nitrogens is 4. The first kappa shape index (κ1) is 9.84. The van der Waals surface area contributed by atoms with Crippen LogP contribution in [0.15, 0.2) is 6.20 Å². The Bertz CT molecular complexity index is 529. The van der Waals surface area contributed by atoms with E-state index in [1.807, 2.05) is 6.92 Å². The minimum atomic E-state index is 0.642. The van der Waals surface area contributed by atoms with Gasteiger partial charge in [-0.1, -0.05) is 11.6 Å². The highest BCUT2D eigenvalue weighted by molar-refractivity contribution is 6.36. The summed E-state index contributed by atoms with van der Waals surface area (Å²) in [6.07, 6.45) is 4.23. The molecule has 0 bridgehead atoms. The Morgan fingerprint density at radius 3 is 2.75 bits per heavy atom. The summed E-state index contributed by atoms with van der Waals surface area (Å²) in [7, 11) is 0. The molecule has 0 N–H and O–H groups in total. The summed E-state index contributed by atoms with van der Waals surface area (Å²) in [4.78, 5) is 2.25. The fourth-order valence-electron chi connectivity index (χ4n) is 2.09. The third-order valence-electron chi connectivity index (χ3n) is 2.96. The molecule has 5 nitrogen and oxygen atoms in total. The molecule has 0 unspecified atom stereocenters. The molecule has 0 amide bonds.